The van der Waals surface area contributed by atoms with Crippen molar-refractivity contribution in [3.8, 4) is 6.07 Å². The largest absolute Gasteiger partial charge is 0.322 e. The Morgan fingerprint density at radius 3 is 2.62 bits per heavy atom. The number of allylic oxidation sites excluding steroid dienone is 3. The van der Waals surface area contributed by atoms with Gasteiger partial charge in [0.1, 0.15) is 11.9 Å². The van der Waals surface area contributed by atoms with Crippen molar-refractivity contribution in [3.05, 3.63) is 65.0 Å². The van der Waals surface area contributed by atoms with Crippen LogP contribution in [0.2, 0.25) is 0 Å². The quantitative estimate of drug-likeness (QED) is 0.536. The lowest BCUT2D eigenvalue weighted by Gasteiger charge is -2.11. The van der Waals surface area contributed by atoms with E-state index in [1.165, 1.54) is 19.1 Å². The molecule has 0 saturated heterocycles. The van der Waals surface area contributed by atoms with Crippen LogP contribution in [0.4, 0.5) is 10.1 Å². The lowest BCUT2D eigenvalue weighted by atomic mass is 9.96. The van der Waals surface area contributed by atoms with E-state index in [2.05, 4.69) is 11.9 Å². The van der Waals surface area contributed by atoms with Gasteiger partial charge in [-0.25, -0.2) is 4.39 Å². The normalized spacial score (nSPS) is 11.7. The lowest BCUT2D eigenvalue weighted by molar-refractivity contribution is -0.114. The lowest BCUT2D eigenvalue weighted by Crippen LogP contribution is -2.14. The van der Waals surface area contributed by atoms with Gasteiger partial charge in [-0.05, 0) is 56.5 Å². The van der Waals surface area contributed by atoms with Crippen LogP contribution in [0.25, 0.3) is 0 Å². The first kappa shape index (κ1) is 21.0. The summed E-state index contributed by atoms with van der Waals surface area (Å²) in [6.07, 6.45) is 5.76. The molecule has 0 bridgehead atoms. The van der Waals surface area contributed by atoms with Crippen molar-refractivity contribution < 1.29 is 14.0 Å². The van der Waals surface area contributed by atoms with Crippen molar-refractivity contribution in [2.75, 3.05) is 5.32 Å². The number of halogens is 1. The highest BCUT2D eigenvalue weighted by atomic mass is 19.1. The van der Waals surface area contributed by atoms with Crippen LogP contribution >= 0.6 is 0 Å². The molecule has 1 N–H and O–H groups in total. The molecule has 1 amide bonds. The van der Waals surface area contributed by atoms with Crippen LogP contribution in [0.3, 0.4) is 0 Å². The van der Waals surface area contributed by atoms with Gasteiger partial charge in [0.05, 0.1) is 5.56 Å². The monoisotopic (exact) mass is 354 g/mol. The molecule has 5 heteroatoms. The number of hydrogen-bond donors (Lipinski definition) is 1. The van der Waals surface area contributed by atoms with Crippen molar-refractivity contribution in [2.45, 2.75) is 40.0 Å². The van der Waals surface area contributed by atoms with Gasteiger partial charge in [0.25, 0.3) is 5.91 Å². The molecule has 0 aliphatic rings. The summed E-state index contributed by atoms with van der Waals surface area (Å²) in [5, 5.41) is 11.5. The van der Waals surface area contributed by atoms with Crippen molar-refractivity contribution in [2.24, 2.45) is 0 Å². The molecule has 0 spiro atoms. The van der Waals surface area contributed by atoms with E-state index in [1.54, 1.807) is 25.1 Å². The number of ketones is 1. The van der Waals surface area contributed by atoms with Crippen LogP contribution in [0.5, 0.6) is 0 Å². The molecule has 1 aromatic carbocycles. The number of carbonyl (C=O) groups excluding carboxylic acids is 2. The molecule has 0 aliphatic carbocycles. The molecule has 1 aromatic rings. The van der Waals surface area contributed by atoms with Crippen LogP contribution in [-0.2, 0) is 9.59 Å². The van der Waals surface area contributed by atoms with Crippen molar-refractivity contribution in [1.29, 1.82) is 5.26 Å². The first-order valence-corrected chi connectivity index (χ1v) is 8.42. The minimum atomic E-state index is -0.642. The van der Waals surface area contributed by atoms with Gasteiger partial charge in [-0.1, -0.05) is 26.0 Å². The molecule has 0 aromatic heterocycles. The van der Waals surface area contributed by atoms with Gasteiger partial charge in [0, 0.05) is 16.8 Å². The number of anilines is 1. The molecule has 0 unspecified atom stereocenters. The number of amides is 1. The zero-order valence-electron chi connectivity index (χ0n) is 15.4. The van der Waals surface area contributed by atoms with E-state index in [-0.39, 0.29) is 11.3 Å². The van der Waals surface area contributed by atoms with E-state index in [9.17, 15) is 14.0 Å². The number of Topliss-reactive ketones (excluding diaryl/α,β-unsaturated/α-hetero) is 1. The summed E-state index contributed by atoms with van der Waals surface area (Å²) in [6.45, 7) is 9.01. The number of nitrogens with zero attached hydrogens (tertiary/aromatic N) is 1. The minimum Gasteiger partial charge on any atom is -0.322 e. The Labute approximate surface area is 153 Å². The van der Waals surface area contributed by atoms with E-state index in [0.29, 0.717) is 23.3 Å². The fourth-order valence-corrected chi connectivity index (χ4v) is 2.26. The summed E-state index contributed by atoms with van der Waals surface area (Å²) < 4.78 is 13.4. The number of nitrogens with one attached hydrogen (secondary N) is 1. The van der Waals surface area contributed by atoms with Gasteiger partial charge in [0.2, 0.25) is 0 Å². The third kappa shape index (κ3) is 5.82. The van der Waals surface area contributed by atoms with E-state index in [4.69, 9.17) is 5.26 Å². The van der Waals surface area contributed by atoms with Gasteiger partial charge in [0.15, 0.2) is 5.78 Å². The van der Waals surface area contributed by atoms with Crippen molar-refractivity contribution in [1.82, 2.24) is 0 Å². The number of carbonyl (C=O) groups is 2. The Kier molecular flexibility index (Phi) is 8.17. The molecule has 1 rings (SSSR count). The van der Waals surface area contributed by atoms with E-state index >= 15 is 0 Å². The zero-order valence-corrected chi connectivity index (χ0v) is 15.4. The first-order chi connectivity index (χ1) is 12.3. The number of benzene rings is 1. The summed E-state index contributed by atoms with van der Waals surface area (Å²) in [7, 11) is 0. The number of rotatable bonds is 8. The van der Waals surface area contributed by atoms with E-state index < -0.39 is 11.7 Å². The van der Waals surface area contributed by atoms with Gasteiger partial charge >= 0.3 is 0 Å². The molecule has 0 atom stereocenters. The molecule has 0 aliphatic heterocycles. The van der Waals surface area contributed by atoms with Crippen molar-refractivity contribution in [3.63, 3.8) is 0 Å². The summed E-state index contributed by atoms with van der Waals surface area (Å²) in [5.41, 5.74) is 1.65. The predicted octanol–water partition coefficient (Wildman–Crippen LogP) is 4.84. The summed E-state index contributed by atoms with van der Waals surface area (Å²) in [5.74, 6) is -1.19. The fourth-order valence-electron chi connectivity index (χ4n) is 2.26. The van der Waals surface area contributed by atoms with Crippen LogP contribution in [0.15, 0.2) is 53.6 Å². The molecular weight excluding hydrogens is 331 g/mol. The maximum absolute atomic E-state index is 13.4. The number of nitriles is 1. The molecule has 0 heterocycles. The second-order valence-corrected chi connectivity index (χ2v) is 5.81. The molecular formula is C21H23FN2O2. The highest BCUT2D eigenvalue weighted by Crippen LogP contribution is 2.20. The Balaban J connectivity index is 3.08. The first-order valence-electron chi connectivity index (χ1n) is 8.42. The molecule has 0 saturated carbocycles. The molecule has 136 valence electrons. The van der Waals surface area contributed by atoms with Gasteiger partial charge in [-0.3, -0.25) is 9.59 Å². The smallest absolute Gasteiger partial charge is 0.255 e. The van der Waals surface area contributed by atoms with Crippen LogP contribution in [-0.4, -0.2) is 11.7 Å². The van der Waals surface area contributed by atoms with Crippen LogP contribution in [0.1, 0.15) is 45.6 Å². The average molecular weight is 354 g/mol. The Morgan fingerprint density at radius 2 is 2.08 bits per heavy atom. The van der Waals surface area contributed by atoms with Crippen LogP contribution < -0.4 is 5.32 Å². The minimum absolute atomic E-state index is 0.139. The Hall–Kier alpha value is -3.00. The van der Waals surface area contributed by atoms with Gasteiger partial charge < -0.3 is 5.32 Å². The highest BCUT2D eigenvalue weighted by Gasteiger charge is 2.13. The van der Waals surface area contributed by atoms with Crippen molar-refractivity contribution >= 4 is 17.4 Å². The Bertz CT molecular complexity index is 814. The number of unbranched alkanes of at least 4 members (excludes halogenated alkanes) is 1. The summed E-state index contributed by atoms with van der Waals surface area (Å²) in [6, 6.07) is 5.52. The maximum atomic E-state index is 13.4. The van der Waals surface area contributed by atoms with E-state index in [0.717, 1.165) is 24.5 Å². The second kappa shape index (κ2) is 10.1. The maximum Gasteiger partial charge on any atom is 0.255 e. The molecule has 0 radical (unpaired) electrons. The fraction of sp³-hybridized carbons (Fsp3) is 0.286. The highest BCUT2D eigenvalue weighted by molar-refractivity contribution is 6.06. The van der Waals surface area contributed by atoms with Gasteiger partial charge in [-0.15, -0.1) is 0 Å². The second-order valence-electron chi connectivity index (χ2n) is 5.81. The Morgan fingerprint density at radius 1 is 1.38 bits per heavy atom. The van der Waals surface area contributed by atoms with Crippen LogP contribution in [0, 0.1) is 17.1 Å². The summed E-state index contributed by atoms with van der Waals surface area (Å²) >= 11 is 0. The third-order valence-corrected chi connectivity index (χ3v) is 3.86. The zero-order chi connectivity index (χ0) is 19.7. The summed E-state index contributed by atoms with van der Waals surface area (Å²) in [4.78, 5) is 24.2. The molecule has 4 nitrogen and oxygen atoms in total. The van der Waals surface area contributed by atoms with Gasteiger partial charge in [-0.2, -0.15) is 5.26 Å². The van der Waals surface area contributed by atoms with E-state index in [1.807, 2.05) is 6.92 Å². The molecule has 26 heavy (non-hydrogen) atoms. The standard InChI is InChI=1S/C21H23FN2O2/c1-5-7-8-17(14(3)15(4)25)11-16(6-2)21(26)24-19-9-10-20(22)18(12-19)13-23/h6,9-12H,3,5,7-8H2,1-2,4H3,(H,24,26)/b16-6+,17-11+. The average Bonchev–Trinajstić information content (AvgIpc) is 2.62. The topological polar surface area (TPSA) is 70.0 Å². The SMILES string of the molecule is C=C(C(C)=O)/C(=C/C(=C\C)C(=O)Nc1ccc(F)c(C#N)c1)CCCC. The number of hydrogen-bond acceptors (Lipinski definition) is 3. The molecule has 0 fully saturated rings. The predicted molar refractivity (Wildman–Crippen MR) is 101 cm³/mol. The third-order valence-electron chi connectivity index (χ3n) is 3.86.